The molecule has 4 nitrogen and oxygen atoms in total. The highest BCUT2D eigenvalue weighted by Gasteiger charge is 2.32. The molecule has 0 aromatic heterocycles. The number of rotatable bonds is 2. The van der Waals surface area contributed by atoms with E-state index in [1.54, 1.807) is 26.8 Å². The van der Waals surface area contributed by atoms with Crippen molar-refractivity contribution in [3.63, 3.8) is 0 Å². The summed E-state index contributed by atoms with van der Waals surface area (Å²) in [5.41, 5.74) is -0.923. The zero-order chi connectivity index (χ0) is 20.1. The molecule has 1 aromatic rings. The van der Waals surface area contributed by atoms with Crippen LogP contribution in [0.5, 0.6) is 0 Å². The fourth-order valence-electron chi connectivity index (χ4n) is 3.13. The third kappa shape index (κ3) is 7.31. The summed E-state index contributed by atoms with van der Waals surface area (Å²) >= 11 is 0. The predicted molar refractivity (Wildman–Crippen MR) is 101 cm³/mol. The zero-order valence-electron chi connectivity index (χ0n) is 16.3. The summed E-state index contributed by atoms with van der Waals surface area (Å²) in [6, 6.07) is 3.71. The Kier molecular flexibility index (Phi) is 7.00. The molecular formula is C20H29F3N2O2. The first kappa shape index (κ1) is 21.4. The van der Waals surface area contributed by atoms with Crippen LogP contribution in [0.15, 0.2) is 18.2 Å². The molecule has 7 heteroatoms. The second-order valence-corrected chi connectivity index (χ2v) is 8.00. The van der Waals surface area contributed by atoms with Gasteiger partial charge in [0, 0.05) is 24.5 Å². The van der Waals surface area contributed by atoms with Gasteiger partial charge in [-0.05, 0) is 51.8 Å². The van der Waals surface area contributed by atoms with Gasteiger partial charge in [0.05, 0.1) is 5.56 Å². The average molecular weight is 386 g/mol. The first-order valence-electron chi connectivity index (χ1n) is 9.52. The van der Waals surface area contributed by atoms with Crippen LogP contribution >= 0.6 is 0 Å². The second kappa shape index (κ2) is 8.85. The molecule has 0 atom stereocenters. The van der Waals surface area contributed by atoms with E-state index < -0.39 is 23.4 Å². The van der Waals surface area contributed by atoms with Gasteiger partial charge in [-0.3, -0.25) is 5.32 Å². The highest BCUT2D eigenvalue weighted by molar-refractivity contribution is 5.86. The van der Waals surface area contributed by atoms with E-state index in [-0.39, 0.29) is 5.69 Å². The van der Waals surface area contributed by atoms with Gasteiger partial charge in [-0.25, -0.2) is 4.79 Å². The Morgan fingerprint density at radius 3 is 2.04 bits per heavy atom. The minimum Gasteiger partial charge on any atom is -0.444 e. The number of anilines is 2. The molecule has 0 aliphatic carbocycles. The molecule has 1 aliphatic heterocycles. The predicted octanol–water partition coefficient (Wildman–Crippen LogP) is 6.21. The summed E-state index contributed by atoms with van der Waals surface area (Å²) in [5, 5.41) is 2.44. The molecular weight excluding hydrogens is 357 g/mol. The van der Waals surface area contributed by atoms with Crippen LogP contribution < -0.4 is 10.2 Å². The zero-order valence-corrected chi connectivity index (χ0v) is 16.3. The van der Waals surface area contributed by atoms with Crippen LogP contribution in [0, 0.1) is 0 Å². The van der Waals surface area contributed by atoms with Gasteiger partial charge in [-0.15, -0.1) is 0 Å². The van der Waals surface area contributed by atoms with Crippen LogP contribution in [-0.4, -0.2) is 24.8 Å². The molecule has 0 unspecified atom stereocenters. The number of benzene rings is 1. The Morgan fingerprint density at radius 1 is 0.963 bits per heavy atom. The second-order valence-electron chi connectivity index (χ2n) is 8.00. The van der Waals surface area contributed by atoms with Gasteiger partial charge in [-0.2, -0.15) is 13.2 Å². The summed E-state index contributed by atoms with van der Waals surface area (Å²) in [6.07, 6.45) is 1.15. The lowest BCUT2D eigenvalue weighted by atomic mass is 10.1. The Bertz CT molecular complexity index is 629. The van der Waals surface area contributed by atoms with Crippen LogP contribution in [0.3, 0.4) is 0 Å². The SMILES string of the molecule is CC(C)(C)OC(=O)Nc1cc(N2CCCCCCCC2)cc(C(F)(F)F)c1. The molecule has 1 aliphatic rings. The van der Waals surface area contributed by atoms with E-state index in [0.29, 0.717) is 18.8 Å². The van der Waals surface area contributed by atoms with Crippen molar-refractivity contribution in [2.24, 2.45) is 0 Å². The lowest BCUT2D eigenvalue weighted by Crippen LogP contribution is -2.28. The normalized spacial score (nSPS) is 16.9. The number of carbonyl (C=O) groups excluding carboxylic acids is 1. The molecule has 0 radical (unpaired) electrons. The quantitative estimate of drug-likeness (QED) is 0.657. The van der Waals surface area contributed by atoms with Crippen molar-refractivity contribution in [1.82, 2.24) is 0 Å². The summed E-state index contributed by atoms with van der Waals surface area (Å²) in [4.78, 5) is 14.0. The van der Waals surface area contributed by atoms with E-state index >= 15 is 0 Å². The van der Waals surface area contributed by atoms with Crippen molar-refractivity contribution >= 4 is 17.5 Å². The molecule has 1 heterocycles. The van der Waals surface area contributed by atoms with Gasteiger partial charge in [0.1, 0.15) is 5.60 Å². The first-order chi connectivity index (χ1) is 12.5. The van der Waals surface area contributed by atoms with Crippen LogP contribution in [0.1, 0.15) is 64.9 Å². The minimum atomic E-state index is -4.49. The van der Waals surface area contributed by atoms with Gasteiger partial charge in [0.25, 0.3) is 0 Å². The number of hydrogen-bond donors (Lipinski definition) is 1. The lowest BCUT2D eigenvalue weighted by molar-refractivity contribution is -0.137. The lowest BCUT2D eigenvalue weighted by Gasteiger charge is -2.26. The monoisotopic (exact) mass is 386 g/mol. The number of nitrogens with one attached hydrogen (secondary N) is 1. The van der Waals surface area contributed by atoms with Crippen LogP contribution in [0.25, 0.3) is 0 Å². The van der Waals surface area contributed by atoms with E-state index in [0.717, 1.165) is 37.8 Å². The Morgan fingerprint density at radius 2 is 1.52 bits per heavy atom. The van der Waals surface area contributed by atoms with Gasteiger partial charge in [0.15, 0.2) is 0 Å². The molecule has 0 bridgehead atoms. The minimum absolute atomic E-state index is 0.0916. The van der Waals surface area contributed by atoms with Gasteiger partial charge >= 0.3 is 12.3 Å². The number of carbonyl (C=O) groups is 1. The molecule has 1 fully saturated rings. The number of alkyl halides is 3. The van der Waals surface area contributed by atoms with E-state index in [1.165, 1.54) is 12.8 Å². The smallest absolute Gasteiger partial charge is 0.416 e. The van der Waals surface area contributed by atoms with E-state index in [4.69, 9.17) is 4.74 Å². The highest BCUT2D eigenvalue weighted by atomic mass is 19.4. The van der Waals surface area contributed by atoms with Gasteiger partial charge in [0.2, 0.25) is 0 Å². The molecule has 1 aromatic carbocycles. The van der Waals surface area contributed by atoms with Crippen molar-refractivity contribution in [1.29, 1.82) is 0 Å². The molecule has 1 N–H and O–H groups in total. The number of nitrogens with zero attached hydrogens (tertiary/aromatic N) is 1. The van der Waals surface area contributed by atoms with Crippen LogP contribution in [0.4, 0.5) is 29.3 Å². The van der Waals surface area contributed by atoms with Crippen molar-refractivity contribution in [3.8, 4) is 0 Å². The number of ether oxygens (including phenoxy) is 1. The molecule has 27 heavy (non-hydrogen) atoms. The molecule has 152 valence electrons. The standard InChI is InChI=1S/C20H29F3N2O2/c1-19(2,3)27-18(26)24-16-12-15(20(21,22)23)13-17(14-16)25-10-8-6-4-5-7-9-11-25/h12-14H,4-11H2,1-3H3,(H,24,26). The summed E-state index contributed by atoms with van der Waals surface area (Å²) < 4.78 is 45.3. The number of hydrogen-bond acceptors (Lipinski definition) is 3. The van der Waals surface area contributed by atoms with Crippen molar-refractivity contribution in [3.05, 3.63) is 23.8 Å². The maximum atomic E-state index is 13.4. The van der Waals surface area contributed by atoms with E-state index in [9.17, 15) is 18.0 Å². The summed E-state index contributed by atoms with van der Waals surface area (Å²) in [6.45, 7) is 6.54. The molecule has 1 saturated heterocycles. The third-order valence-corrected chi connectivity index (χ3v) is 4.36. The molecule has 0 spiro atoms. The number of amides is 1. The fourth-order valence-corrected chi connectivity index (χ4v) is 3.13. The van der Waals surface area contributed by atoms with E-state index in [2.05, 4.69) is 5.32 Å². The fraction of sp³-hybridized carbons (Fsp3) is 0.650. The molecule has 0 saturated carbocycles. The largest absolute Gasteiger partial charge is 0.444 e. The van der Waals surface area contributed by atoms with Crippen molar-refractivity contribution in [2.75, 3.05) is 23.3 Å². The highest BCUT2D eigenvalue weighted by Crippen LogP contribution is 2.35. The summed E-state index contributed by atoms with van der Waals surface area (Å²) in [5.74, 6) is 0. The van der Waals surface area contributed by atoms with E-state index in [1.807, 2.05) is 4.90 Å². The van der Waals surface area contributed by atoms with Crippen LogP contribution in [-0.2, 0) is 10.9 Å². The van der Waals surface area contributed by atoms with Gasteiger partial charge in [-0.1, -0.05) is 25.7 Å². The van der Waals surface area contributed by atoms with Crippen LogP contribution in [0.2, 0.25) is 0 Å². The maximum absolute atomic E-state index is 13.4. The Balaban J connectivity index is 2.28. The number of halogens is 3. The summed E-state index contributed by atoms with van der Waals surface area (Å²) in [7, 11) is 0. The van der Waals surface area contributed by atoms with Crippen molar-refractivity contribution in [2.45, 2.75) is 71.1 Å². The third-order valence-electron chi connectivity index (χ3n) is 4.36. The first-order valence-corrected chi connectivity index (χ1v) is 9.52. The van der Waals surface area contributed by atoms with Crippen molar-refractivity contribution < 1.29 is 22.7 Å². The average Bonchev–Trinajstić information content (AvgIpc) is 2.65. The van der Waals surface area contributed by atoms with Gasteiger partial charge < -0.3 is 9.64 Å². The Labute approximate surface area is 159 Å². The Hall–Kier alpha value is -1.92. The molecule has 1 amide bonds. The maximum Gasteiger partial charge on any atom is 0.416 e. The topological polar surface area (TPSA) is 41.6 Å². The molecule has 2 rings (SSSR count).